The lowest BCUT2D eigenvalue weighted by molar-refractivity contribution is 0.190. The molecule has 0 aromatic carbocycles. The van der Waals surface area contributed by atoms with Gasteiger partial charge in [0.25, 0.3) is 0 Å². The molecular weight excluding hydrogens is 230 g/mol. The zero-order valence-corrected chi connectivity index (χ0v) is 11.0. The first kappa shape index (κ1) is 12.7. The van der Waals surface area contributed by atoms with Crippen LogP contribution >= 0.6 is 0 Å². The molecule has 1 heterocycles. The van der Waals surface area contributed by atoms with Gasteiger partial charge in [0.2, 0.25) is 0 Å². The molecule has 18 heavy (non-hydrogen) atoms. The second kappa shape index (κ2) is 4.48. The fourth-order valence-corrected chi connectivity index (χ4v) is 2.28. The van der Waals surface area contributed by atoms with Crippen LogP contribution in [-0.2, 0) is 5.54 Å². The van der Waals surface area contributed by atoms with E-state index in [4.69, 9.17) is 5.11 Å². The van der Waals surface area contributed by atoms with E-state index in [0.717, 1.165) is 18.5 Å². The molecule has 0 saturated heterocycles. The largest absolute Gasteiger partial charge is 0.465 e. The van der Waals surface area contributed by atoms with Crippen LogP contribution in [0, 0.1) is 0 Å². The van der Waals surface area contributed by atoms with Gasteiger partial charge in [0.1, 0.15) is 0 Å². The van der Waals surface area contributed by atoms with Gasteiger partial charge >= 0.3 is 6.09 Å². The maximum atomic E-state index is 10.6. The van der Waals surface area contributed by atoms with Crippen LogP contribution in [0.25, 0.3) is 5.57 Å². The van der Waals surface area contributed by atoms with Crippen LogP contribution in [-0.4, -0.2) is 26.8 Å². The third kappa shape index (κ3) is 2.55. The van der Waals surface area contributed by atoms with Crippen LogP contribution in [0.2, 0.25) is 0 Å². The van der Waals surface area contributed by atoms with Gasteiger partial charge in [-0.25, -0.2) is 9.78 Å². The molecule has 0 bridgehead atoms. The average molecular weight is 249 g/mol. The Morgan fingerprint density at radius 1 is 1.56 bits per heavy atom. The van der Waals surface area contributed by atoms with Crippen molar-refractivity contribution < 1.29 is 9.90 Å². The van der Waals surface area contributed by atoms with E-state index >= 15 is 0 Å². The van der Waals surface area contributed by atoms with E-state index in [1.807, 2.05) is 12.5 Å². The van der Waals surface area contributed by atoms with E-state index < -0.39 is 6.09 Å². The first-order chi connectivity index (χ1) is 8.38. The number of hydrogen-bond acceptors (Lipinski definition) is 2. The van der Waals surface area contributed by atoms with Crippen LogP contribution in [0.3, 0.4) is 0 Å². The summed E-state index contributed by atoms with van der Waals surface area (Å²) in [6.45, 7) is 6.38. The summed E-state index contributed by atoms with van der Waals surface area (Å²) in [5.74, 6) is 0. The summed E-state index contributed by atoms with van der Waals surface area (Å²) in [6, 6.07) is -0.0131. The molecule has 2 rings (SSSR count). The van der Waals surface area contributed by atoms with Gasteiger partial charge in [-0.05, 0) is 39.2 Å². The Morgan fingerprint density at radius 3 is 2.89 bits per heavy atom. The lowest BCUT2D eigenvalue weighted by Crippen LogP contribution is -2.31. The summed E-state index contributed by atoms with van der Waals surface area (Å²) in [6.07, 6.45) is 6.29. The Morgan fingerprint density at radius 2 is 2.28 bits per heavy atom. The quantitative estimate of drug-likeness (QED) is 0.846. The summed E-state index contributed by atoms with van der Waals surface area (Å²) in [4.78, 5) is 14.8. The van der Waals surface area contributed by atoms with E-state index in [9.17, 15) is 4.79 Å². The third-order valence-electron chi connectivity index (χ3n) is 3.13. The summed E-state index contributed by atoms with van der Waals surface area (Å²) >= 11 is 0. The Kier molecular flexibility index (Phi) is 3.15. The standard InChI is InChI=1S/C13H19N3O2/c1-13(2,3)16-8-14-7-11(16)9-4-5-10(6-9)15-12(17)18/h4,7-8,10,15H,5-6H2,1-3H3,(H,17,18). The number of carbonyl (C=O) groups is 1. The zero-order valence-electron chi connectivity index (χ0n) is 11.0. The molecule has 5 nitrogen and oxygen atoms in total. The van der Waals surface area contributed by atoms with Gasteiger partial charge in [-0.1, -0.05) is 6.08 Å². The van der Waals surface area contributed by atoms with Crippen LogP contribution in [0.1, 0.15) is 39.3 Å². The molecule has 0 spiro atoms. The molecule has 1 unspecified atom stereocenters. The topological polar surface area (TPSA) is 67.2 Å². The summed E-state index contributed by atoms with van der Waals surface area (Å²) in [7, 11) is 0. The maximum absolute atomic E-state index is 10.6. The fraction of sp³-hybridized carbons (Fsp3) is 0.538. The fourth-order valence-electron chi connectivity index (χ4n) is 2.28. The number of nitrogens with zero attached hydrogens (tertiary/aromatic N) is 2. The van der Waals surface area contributed by atoms with Crippen molar-refractivity contribution in [2.24, 2.45) is 0 Å². The molecule has 1 aromatic rings. The minimum absolute atomic E-state index is 0.0131. The molecule has 1 atom stereocenters. The number of rotatable bonds is 2. The first-order valence-corrected chi connectivity index (χ1v) is 6.09. The molecule has 1 aliphatic carbocycles. The lowest BCUT2D eigenvalue weighted by atomic mass is 10.1. The number of imidazole rings is 1. The Bertz CT molecular complexity index is 483. The molecule has 1 amide bonds. The van der Waals surface area contributed by atoms with Crippen LogP contribution in [0.4, 0.5) is 4.79 Å². The van der Waals surface area contributed by atoms with E-state index in [-0.39, 0.29) is 11.6 Å². The van der Waals surface area contributed by atoms with E-state index in [1.54, 1.807) is 0 Å². The van der Waals surface area contributed by atoms with E-state index in [1.165, 1.54) is 5.57 Å². The number of hydrogen-bond donors (Lipinski definition) is 2. The summed E-state index contributed by atoms with van der Waals surface area (Å²) < 4.78 is 2.13. The van der Waals surface area contributed by atoms with Crippen molar-refractivity contribution in [3.63, 3.8) is 0 Å². The minimum atomic E-state index is -0.959. The first-order valence-electron chi connectivity index (χ1n) is 6.09. The molecule has 1 aliphatic rings. The van der Waals surface area contributed by atoms with Crippen molar-refractivity contribution in [3.05, 3.63) is 24.3 Å². The molecule has 2 N–H and O–H groups in total. The highest BCUT2D eigenvalue weighted by Gasteiger charge is 2.24. The molecular formula is C13H19N3O2. The third-order valence-corrected chi connectivity index (χ3v) is 3.13. The SMILES string of the molecule is CC(C)(C)n1cncc1C1=CCC(NC(=O)O)C1. The second-order valence-electron chi connectivity index (χ2n) is 5.64. The van der Waals surface area contributed by atoms with Gasteiger partial charge in [-0.3, -0.25) is 0 Å². The van der Waals surface area contributed by atoms with Gasteiger partial charge in [0.05, 0.1) is 18.2 Å². The predicted octanol–water partition coefficient (Wildman–Crippen LogP) is 2.45. The molecule has 0 aliphatic heterocycles. The van der Waals surface area contributed by atoms with Gasteiger partial charge < -0.3 is 15.0 Å². The number of nitrogens with one attached hydrogen (secondary N) is 1. The zero-order chi connectivity index (χ0) is 13.3. The Hall–Kier alpha value is -1.78. The molecule has 1 aromatic heterocycles. The van der Waals surface area contributed by atoms with E-state index in [2.05, 4.69) is 41.7 Å². The average Bonchev–Trinajstić information content (AvgIpc) is 2.81. The predicted molar refractivity (Wildman–Crippen MR) is 69.4 cm³/mol. The van der Waals surface area contributed by atoms with Crippen molar-refractivity contribution in [2.45, 2.75) is 45.2 Å². The highest BCUT2D eigenvalue weighted by atomic mass is 16.4. The van der Waals surface area contributed by atoms with Crippen LogP contribution < -0.4 is 5.32 Å². The normalized spacial score (nSPS) is 19.7. The molecule has 98 valence electrons. The Balaban J connectivity index is 2.15. The number of carboxylic acid groups (broad SMARTS) is 1. The maximum Gasteiger partial charge on any atom is 0.404 e. The number of amides is 1. The van der Waals surface area contributed by atoms with Crippen molar-refractivity contribution in [2.75, 3.05) is 0 Å². The molecule has 0 radical (unpaired) electrons. The molecule has 0 fully saturated rings. The van der Waals surface area contributed by atoms with Gasteiger partial charge in [0, 0.05) is 11.6 Å². The lowest BCUT2D eigenvalue weighted by Gasteiger charge is -2.24. The monoisotopic (exact) mass is 249 g/mol. The van der Waals surface area contributed by atoms with Crippen molar-refractivity contribution in [1.82, 2.24) is 14.9 Å². The molecule has 0 saturated carbocycles. The minimum Gasteiger partial charge on any atom is -0.465 e. The van der Waals surface area contributed by atoms with Gasteiger partial charge in [-0.2, -0.15) is 0 Å². The van der Waals surface area contributed by atoms with Gasteiger partial charge in [0.15, 0.2) is 0 Å². The summed E-state index contributed by atoms with van der Waals surface area (Å²) in [5.41, 5.74) is 2.23. The highest BCUT2D eigenvalue weighted by Crippen LogP contribution is 2.30. The van der Waals surface area contributed by atoms with Crippen LogP contribution in [0.5, 0.6) is 0 Å². The second-order valence-corrected chi connectivity index (χ2v) is 5.64. The van der Waals surface area contributed by atoms with Crippen LogP contribution in [0.15, 0.2) is 18.6 Å². The van der Waals surface area contributed by atoms with Crippen molar-refractivity contribution >= 4 is 11.7 Å². The Labute approximate surface area is 107 Å². The van der Waals surface area contributed by atoms with Crippen molar-refractivity contribution in [1.29, 1.82) is 0 Å². The van der Waals surface area contributed by atoms with Crippen molar-refractivity contribution in [3.8, 4) is 0 Å². The highest BCUT2D eigenvalue weighted by molar-refractivity contribution is 5.69. The summed E-state index contributed by atoms with van der Waals surface area (Å²) in [5, 5.41) is 11.2. The smallest absolute Gasteiger partial charge is 0.404 e. The molecule has 5 heteroatoms. The van der Waals surface area contributed by atoms with Gasteiger partial charge in [-0.15, -0.1) is 0 Å². The number of aromatic nitrogens is 2. The van der Waals surface area contributed by atoms with E-state index in [0.29, 0.717) is 0 Å².